The summed E-state index contributed by atoms with van der Waals surface area (Å²) in [6, 6.07) is 6.29. The highest BCUT2D eigenvalue weighted by atomic mass is 19.1. The molecule has 1 heterocycles. The van der Waals surface area contributed by atoms with E-state index in [0.717, 1.165) is 0 Å². The lowest BCUT2D eigenvalue weighted by Gasteiger charge is -2.25. The number of benzene rings is 1. The Morgan fingerprint density at radius 2 is 1.96 bits per heavy atom. The SMILES string of the molecule is CCc1noc(C)c1C(=O)N(CCN(C)C)c1ccccc1F. The Balaban J connectivity index is 2.42. The Morgan fingerprint density at radius 1 is 1.26 bits per heavy atom. The Bertz CT molecular complexity index is 682. The second kappa shape index (κ2) is 7.37. The fraction of sp³-hybridized carbons (Fsp3) is 0.412. The molecular formula is C17H22FN3O2. The second-order valence-corrected chi connectivity index (χ2v) is 5.63. The van der Waals surface area contributed by atoms with E-state index in [0.29, 0.717) is 36.5 Å². The molecule has 1 aromatic heterocycles. The summed E-state index contributed by atoms with van der Waals surface area (Å²) < 4.78 is 19.4. The van der Waals surface area contributed by atoms with Gasteiger partial charge in [0.1, 0.15) is 17.1 Å². The topological polar surface area (TPSA) is 49.6 Å². The summed E-state index contributed by atoms with van der Waals surface area (Å²) in [6.45, 7) is 4.60. The molecule has 0 aliphatic rings. The van der Waals surface area contributed by atoms with Crippen LogP contribution < -0.4 is 4.90 Å². The average molecular weight is 319 g/mol. The number of carbonyl (C=O) groups excluding carboxylic acids is 1. The molecule has 0 spiro atoms. The van der Waals surface area contributed by atoms with Crippen molar-refractivity contribution in [2.75, 3.05) is 32.1 Å². The number of aromatic nitrogens is 1. The average Bonchev–Trinajstić information content (AvgIpc) is 2.89. The maximum Gasteiger partial charge on any atom is 0.263 e. The summed E-state index contributed by atoms with van der Waals surface area (Å²) in [5.74, 6) is -0.252. The van der Waals surface area contributed by atoms with Gasteiger partial charge >= 0.3 is 0 Å². The molecule has 0 unspecified atom stereocenters. The molecule has 0 atom stereocenters. The minimum Gasteiger partial charge on any atom is -0.361 e. The lowest BCUT2D eigenvalue weighted by atomic mass is 10.1. The summed E-state index contributed by atoms with van der Waals surface area (Å²) in [4.78, 5) is 16.4. The molecule has 0 saturated heterocycles. The predicted molar refractivity (Wildman–Crippen MR) is 87.2 cm³/mol. The van der Waals surface area contributed by atoms with E-state index in [1.165, 1.54) is 11.0 Å². The van der Waals surface area contributed by atoms with Gasteiger partial charge in [-0.15, -0.1) is 0 Å². The first-order valence-corrected chi connectivity index (χ1v) is 7.62. The van der Waals surface area contributed by atoms with Crippen molar-refractivity contribution in [3.8, 4) is 0 Å². The monoisotopic (exact) mass is 319 g/mol. The fourth-order valence-electron chi connectivity index (χ4n) is 2.37. The number of nitrogens with zero attached hydrogens (tertiary/aromatic N) is 3. The molecule has 1 aromatic carbocycles. The molecule has 124 valence electrons. The Labute approximate surface area is 135 Å². The number of rotatable bonds is 6. The largest absolute Gasteiger partial charge is 0.361 e. The van der Waals surface area contributed by atoms with Gasteiger partial charge < -0.3 is 14.3 Å². The number of halogens is 1. The normalized spacial score (nSPS) is 11.0. The van der Waals surface area contributed by atoms with Crippen LogP contribution in [0.1, 0.15) is 28.7 Å². The quantitative estimate of drug-likeness (QED) is 0.821. The van der Waals surface area contributed by atoms with Gasteiger partial charge in [0.05, 0.1) is 11.4 Å². The van der Waals surface area contributed by atoms with E-state index in [2.05, 4.69) is 5.16 Å². The number of likely N-dealkylation sites (N-methyl/N-ethyl adjacent to an activating group) is 1. The van der Waals surface area contributed by atoms with Gasteiger partial charge in [-0.05, 0) is 39.6 Å². The number of anilines is 1. The molecular weight excluding hydrogens is 297 g/mol. The van der Waals surface area contributed by atoms with Crippen LogP contribution in [-0.2, 0) is 6.42 Å². The van der Waals surface area contributed by atoms with Crippen LogP contribution in [-0.4, -0.2) is 43.1 Å². The highest BCUT2D eigenvalue weighted by Gasteiger charge is 2.27. The number of para-hydroxylation sites is 1. The van der Waals surface area contributed by atoms with E-state index in [1.807, 2.05) is 25.9 Å². The molecule has 0 N–H and O–H groups in total. The van der Waals surface area contributed by atoms with Crippen LogP contribution in [0.2, 0.25) is 0 Å². The van der Waals surface area contributed by atoms with Crippen molar-refractivity contribution >= 4 is 11.6 Å². The lowest BCUT2D eigenvalue weighted by Crippen LogP contribution is -2.37. The summed E-state index contributed by atoms with van der Waals surface area (Å²) in [5.41, 5.74) is 1.29. The first-order valence-electron chi connectivity index (χ1n) is 7.62. The molecule has 1 amide bonds. The van der Waals surface area contributed by atoms with Gasteiger partial charge in [0.25, 0.3) is 5.91 Å². The molecule has 0 bridgehead atoms. The van der Waals surface area contributed by atoms with E-state index in [1.54, 1.807) is 25.1 Å². The van der Waals surface area contributed by atoms with Crippen molar-refractivity contribution in [1.82, 2.24) is 10.1 Å². The van der Waals surface area contributed by atoms with Gasteiger partial charge in [0.2, 0.25) is 0 Å². The van der Waals surface area contributed by atoms with Crippen molar-refractivity contribution in [2.24, 2.45) is 0 Å². The minimum atomic E-state index is -0.424. The summed E-state index contributed by atoms with van der Waals surface area (Å²) in [6.07, 6.45) is 0.581. The number of amides is 1. The molecule has 2 rings (SSSR count). The van der Waals surface area contributed by atoms with Crippen molar-refractivity contribution in [2.45, 2.75) is 20.3 Å². The van der Waals surface area contributed by atoms with Crippen LogP contribution in [0.25, 0.3) is 0 Å². The van der Waals surface area contributed by atoms with E-state index in [-0.39, 0.29) is 11.6 Å². The highest BCUT2D eigenvalue weighted by Crippen LogP contribution is 2.24. The smallest absolute Gasteiger partial charge is 0.263 e. The molecule has 0 fully saturated rings. The molecule has 0 aliphatic heterocycles. The van der Waals surface area contributed by atoms with Gasteiger partial charge in [0.15, 0.2) is 0 Å². The number of aryl methyl sites for hydroxylation is 2. The van der Waals surface area contributed by atoms with Crippen LogP contribution in [0.3, 0.4) is 0 Å². The fourth-order valence-corrected chi connectivity index (χ4v) is 2.37. The number of hydrogen-bond donors (Lipinski definition) is 0. The van der Waals surface area contributed by atoms with Gasteiger partial charge in [-0.3, -0.25) is 4.79 Å². The van der Waals surface area contributed by atoms with E-state index in [4.69, 9.17) is 4.52 Å². The van der Waals surface area contributed by atoms with Crippen molar-refractivity contribution in [3.05, 3.63) is 47.1 Å². The molecule has 0 radical (unpaired) electrons. The lowest BCUT2D eigenvalue weighted by molar-refractivity contribution is 0.0982. The molecule has 5 nitrogen and oxygen atoms in total. The van der Waals surface area contributed by atoms with Crippen LogP contribution in [0, 0.1) is 12.7 Å². The van der Waals surface area contributed by atoms with Crippen molar-refractivity contribution < 1.29 is 13.7 Å². The van der Waals surface area contributed by atoms with Crippen molar-refractivity contribution in [1.29, 1.82) is 0 Å². The summed E-state index contributed by atoms with van der Waals surface area (Å²) >= 11 is 0. The van der Waals surface area contributed by atoms with Gasteiger partial charge in [-0.25, -0.2) is 4.39 Å². The van der Waals surface area contributed by atoms with Gasteiger partial charge in [-0.2, -0.15) is 0 Å². The van der Waals surface area contributed by atoms with Gasteiger partial charge in [-0.1, -0.05) is 24.2 Å². The third kappa shape index (κ3) is 3.76. The highest BCUT2D eigenvalue weighted by molar-refractivity contribution is 6.07. The zero-order valence-electron chi connectivity index (χ0n) is 14.0. The molecule has 0 saturated carbocycles. The maximum absolute atomic E-state index is 14.2. The molecule has 23 heavy (non-hydrogen) atoms. The van der Waals surface area contributed by atoms with Crippen LogP contribution in [0.5, 0.6) is 0 Å². The number of hydrogen-bond acceptors (Lipinski definition) is 4. The maximum atomic E-state index is 14.2. The zero-order valence-corrected chi connectivity index (χ0v) is 14.0. The van der Waals surface area contributed by atoms with Gasteiger partial charge in [0, 0.05) is 13.1 Å². The first-order chi connectivity index (χ1) is 11.0. The van der Waals surface area contributed by atoms with E-state index < -0.39 is 5.82 Å². The standard InChI is InChI=1S/C17H22FN3O2/c1-5-14-16(12(2)23-19-14)17(22)21(11-10-20(3)4)15-9-7-6-8-13(15)18/h6-9H,5,10-11H2,1-4H3. The Kier molecular flexibility index (Phi) is 5.50. The zero-order chi connectivity index (χ0) is 17.0. The molecule has 2 aromatic rings. The van der Waals surface area contributed by atoms with Crippen LogP contribution in [0.15, 0.2) is 28.8 Å². The third-order valence-corrected chi connectivity index (χ3v) is 3.64. The minimum absolute atomic E-state index is 0.266. The summed E-state index contributed by atoms with van der Waals surface area (Å²) in [7, 11) is 3.82. The first kappa shape index (κ1) is 17.1. The second-order valence-electron chi connectivity index (χ2n) is 5.63. The van der Waals surface area contributed by atoms with E-state index >= 15 is 0 Å². The Morgan fingerprint density at radius 3 is 2.57 bits per heavy atom. The van der Waals surface area contributed by atoms with E-state index in [9.17, 15) is 9.18 Å². The van der Waals surface area contributed by atoms with Crippen LogP contribution in [0.4, 0.5) is 10.1 Å². The summed E-state index contributed by atoms with van der Waals surface area (Å²) in [5, 5.41) is 3.92. The predicted octanol–water partition coefficient (Wildman–Crippen LogP) is 2.89. The van der Waals surface area contributed by atoms with Crippen molar-refractivity contribution in [3.63, 3.8) is 0 Å². The molecule has 0 aliphatic carbocycles. The van der Waals surface area contributed by atoms with Crippen LogP contribution >= 0.6 is 0 Å². The number of carbonyl (C=O) groups is 1. The third-order valence-electron chi connectivity index (χ3n) is 3.64. The Hall–Kier alpha value is -2.21. The molecule has 6 heteroatoms.